The molecule has 2 aromatic rings. The molecule has 0 unspecified atom stereocenters. The van der Waals surface area contributed by atoms with Crippen molar-refractivity contribution in [1.29, 1.82) is 0 Å². The van der Waals surface area contributed by atoms with E-state index in [0.29, 0.717) is 11.4 Å². The molecule has 0 saturated carbocycles. The maximum absolute atomic E-state index is 12.8. The summed E-state index contributed by atoms with van der Waals surface area (Å²) < 4.78 is 12.8. The van der Waals surface area contributed by atoms with Crippen LogP contribution in [0.25, 0.3) is 0 Å². The standard InChI is InChI=1S/C15H17FN4S/c16-13-5-17-14(18-6-13)20-10-15(11-20)2-3-19(9-15)7-12-1-4-21-8-12/h1,4-6,8H,2-3,7,9-11H2. The van der Waals surface area contributed by atoms with Crippen molar-refractivity contribution in [3.05, 3.63) is 40.6 Å². The number of likely N-dealkylation sites (tertiary alicyclic amines) is 1. The molecule has 1 spiro atoms. The molecule has 0 N–H and O–H groups in total. The smallest absolute Gasteiger partial charge is 0.225 e. The molecule has 2 aliphatic heterocycles. The minimum absolute atomic E-state index is 0.378. The number of nitrogens with zero attached hydrogens (tertiary/aromatic N) is 4. The first-order chi connectivity index (χ1) is 10.2. The van der Waals surface area contributed by atoms with E-state index in [1.54, 1.807) is 11.3 Å². The fourth-order valence-corrected chi connectivity index (χ4v) is 4.10. The zero-order valence-electron chi connectivity index (χ0n) is 11.7. The maximum atomic E-state index is 12.8. The Kier molecular flexibility index (Phi) is 3.15. The summed E-state index contributed by atoms with van der Waals surface area (Å²) in [5.74, 6) is 0.273. The van der Waals surface area contributed by atoms with Gasteiger partial charge >= 0.3 is 0 Å². The molecule has 2 aliphatic rings. The minimum Gasteiger partial charge on any atom is -0.339 e. The Hall–Kier alpha value is -1.53. The molecular formula is C15H17FN4S. The predicted octanol–water partition coefficient (Wildman–Crippen LogP) is 2.39. The zero-order chi connectivity index (χ0) is 14.3. The molecule has 0 bridgehead atoms. The Morgan fingerprint density at radius 2 is 2.05 bits per heavy atom. The largest absolute Gasteiger partial charge is 0.339 e. The van der Waals surface area contributed by atoms with Crippen molar-refractivity contribution < 1.29 is 4.39 Å². The maximum Gasteiger partial charge on any atom is 0.225 e. The van der Waals surface area contributed by atoms with Crippen molar-refractivity contribution in [3.8, 4) is 0 Å². The highest BCUT2D eigenvalue weighted by Gasteiger charge is 2.48. The van der Waals surface area contributed by atoms with Crippen molar-refractivity contribution in [2.75, 3.05) is 31.1 Å². The van der Waals surface area contributed by atoms with Crippen LogP contribution in [0.4, 0.5) is 10.3 Å². The van der Waals surface area contributed by atoms with Crippen LogP contribution in [0.1, 0.15) is 12.0 Å². The van der Waals surface area contributed by atoms with Gasteiger partial charge in [-0.1, -0.05) is 0 Å². The molecule has 4 rings (SSSR count). The number of anilines is 1. The SMILES string of the molecule is Fc1cnc(N2CC3(CCN(Cc4ccsc4)C3)C2)nc1. The second-order valence-corrected chi connectivity index (χ2v) is 6.93. The summed E-state index contributed by atoms with van der Waals surface area (Å²) in [6.07, 6.45) is 3.71. The van der Waals surface area contributed by atoms with Gasteiger partial charge in [-0.15, -0.1) is 0 Å². The molecule has 2 fully saturated rings. The number of hydrogen-bond donors (Lipinski definition) is 0. The summed E-state index contributed by atoms with van der Waals surface area (Å²) in [6.45, 7) is 5.32. The molecule has 0 amide bonds. The first kappa shape index (κ1) is 13.2. The van der Waals surface area contributed by atoms with E-state index in [0.717, 1.165) is 32.7 Å². The fourth-order valence-electron chi connectivity index (χ4n) is 3.44. The summed E-state index contributed by atoms with van der Waals surface area (Å²) in [5, 5.41) is 4.36. The number of hydrogen-bond acceptors (Lipinski definition) is 5. The van der Waals surface area contributed by atoms with Crippen molar-refractivity contribution in [2.24, 2.45) is 5.41 Å². The molecule has 0 radical (unpaired) electrons. The Bertz CT molecular complexity index is 607. The normalized spacial score (nSPS) is 20.9. The summed E-state index contributed by atoms with van der Waals surface area (Å²) in [7, 11) is 0. The number of halogens is 1. The highest BCUT2D eigenvalue weighted by molar-refractivity contribution is 7.07. The summed E-state index contributed by atoms with van der Waals surface area (Å²) in [4.78, 5) is 12.8. The molecule has 21 heavy (non-hydrogen) atoms. The topological polar surface area (TPSA) is 32.3 Å². The Morgan fingerprint density at radius 1 is 1.24 bits per heavy atom. The highest BCUT2D eigenvalue weighted by atomic mass is 32.1. The van der Waals surface area contributed by atoms with Crippen LogP contribution in [0.2, 0.25) is 0 Å². The van der Waals surface area contributed by atoms with E-state index in [1.165, 1.54) is 24.4 Å². The van der Waals surface area contributed by atoms with Crippen molar-refractivity contribution in [1.82, 2.24) is 14.9 Å². The first-order valence-corrected chi connectivity index (χ1v) is 8.13. The lowest BCUT2D eigenvalue weighted by atomic mass is 9.79. The predicted molar refractivity (Wildman–Crippen MR) is 80.8 cm³/mol. The van der Waals surface area contributed by atoms with E-state index in [2.05, 4.69) is 36.6 Å². The van der Waals surface area contributed by atoms with Gasteiger partial charge in [0.15, 0.2) is 5.82 Å². The van der Waals surface area contributed by atoms with E-state index in [9.17, 15) is 4.39 Å². The second-order valence-electron chi connectivity index (χ2n) is 6.15. The van der Waals surface area contributed by atoms with Crippen LogP contribution in [-0.4, -0.2) is 41.0 Å². The average molecular weight is 304 g/mol. The number of thiophene rings is 1. The van der Waals surface area contributed by atoms with E-state index >= 15 is 0 Å². The Labute approximate surface area is 127 Å². The minimum atomic E-state index is -0.378. The summed E-state index contributed by atoms with van der Waals surface area (Å²) >= 11 is 1.76. The van der Waals surface area contributed by atoms with E-state index in [4.69, 9.17) is 0 Å². The lowest BCUT2D eigenvalue weighted by Crippen LogP contribution is -2.58. The lowest BCUT2D eigenvalue weighted by molar-refractivity contribution is 0.200. The van der Waals surface area contributed by atoms with Crippen LogP contribution in [0.5, 0.6) is 0 Å². The van der Waals surface area contributed by atoms with Crippen LogP contribution in [0.15, 0.2) is 29.2 Å². The van der Waals surface area contributed by atoms with Crippen molar-refractivity contribution >= 4 is 17.3 Å². The van der Waals surface area contributed by atoms with Gasteiger partial charge < -0.3 is 4.90 Å². The molecule has 0 atom stereocenters. The molecule has 2 saturated heterocycles. The summed E-state index contributed by atoms with van der Waals surface area (Å²) in [6, 6.07) is 2.20. The Balaban J connectivity index is 1.35. The molecule has 4 heterocycles. The van der Waals surface area contributed by atoms with E-state index in [1.807, 2.05) is 0 Å². The van der Waals surface area contributed by atoms with Crippen LogP contribution in [-0.2, 0) is 6.54 Å². The molecule has 4 nitrogen and oxygen atoms in total. The van der Waals surface area contributed by atoms with Gasteiger partial charge in [-0.3, -0.25) is 4.90 Å². The van der Waals surface area contributed by atoms with E-state index in [-0.39, 0.29) is 5.82 Å². The Morgan fingerprint density at radius 3 is 2.76 bits per heavy atom. The second kappa shape index (κ2) is 5.03. The van der Waals surface area contributed by atoms with Gasteiger partial charge in [0.25, 0.3) is 0 Å². The molecule has 0 aliphatic carbocycles. The van der Waals surface area contributed by atoms with Crippen LogP contribution in [0.3, 0.4) is 0 Å². The molecular weight excluding hydrogens is 287 g/mol. The third-order valence-corrected chi connectivity index (χ3v) is 5.18. The lowest BCUT2D eigenvalue weighted by Gasteiger charge is -2.48. The molecule has 2 aromatic heterocycles. The molecule has 110 valence electrons. The average Bonchev–Trinajstić information content (AvgIpc) is 3.08. The van der Waals surface area contributed by atoms with Gasteiger partial charge in [-0.2, -0.15) is 11.3 Å². The fraction of sp³-hybridized carbons (Fsp3) is 0.467. The van der Waals surface area contributed by atoms with Gasteiger partial charge in [0.1, 0.15) is 0 Å². The van der Waals surface area contributed by atoms with Crippen LogP contribution < -0.4 is 4.90 Å². The monoisotopic (exact) mass is 304 g/mol. The zero-order valence-corrected chi connectivity index (χ0v) is 12.5. The number of aromatic nitrogens is 2. The van der Waals surface area contributed by atoms with Gasteiger partial charge in [0, 0.05) is 31.6 Å². The highest BCUT2D eigenvalue weighted by Crippen LogP contribution is 2.41. The molecule has 6 heteroatoms. The number of rotatable bonds is 3. The van der Waals surface area contributed by atoms with Crippen molar-refractivity contribution in [2.45, 2.75) is 13.0 Å². The van der Waals surface area contributed by atoms with Gasteiger partial charge in [-0.05, 0) is 35.4 Å². The van der Waals surface area contributed by atoms with Gasteiger partial charge in [0.05, 0.1) is 12.4 Å². The summed E-state index contributed by atoms with van der Waals surface area (Å²) in [5.41, 5.74) is 1.79. The first-order valence-electron chi connectivity index (χ1n) is 7.18. The van der Waals surface area contributed by atoms with Crippen LogP contribution >= 0.6 is 11.3 Å². The third-order valence-electron chi connectivity index (χ3n) is 4.45. The quantitative estimate of drug-likeness (QED) is 0.871. The third kappa shape index (κ3) is 2.53. The van der Waals surface area contributed by atoms with Gasteiger partial charge in [-0.25, -0.2) is 14.4 Å². The molecule has 0 aromatic carbocycles. The van der Waals surface area contributed by atoms with E-state index < -0.39 is 0 Å². The van der Waals surface area contributed by atoms with Crippen molar-refractivity contribution in [3.63, 3.8) is 0 Å². The van der Waals surface area contributed by atoms with Crippen LogP contribution in [0, 0.1) is 11.2 Å². The van der Waals surface area contributed by atoms with Gasteiger partial charge in [0.2, 0.25) is 5.95 Å².